The molecular weight excluding hydrogens is 382 g/mol. The molecule has 0 radical (unpaired) electrons. The molecule has 3 aromatic rings. The highest BCUT2D eigenvalue weighted by Gasteiger charge is 2.23. The Kier molecular flexibility index (Phi) is 6.05. The van der Waals surface area contributed by atoms with Crippen LogP contribution in [0.2, 0.25) is 0 Å². The highest BCUT2D eigenvalue weighted by Crippen LogP contribution is 2.20. The van der Waals surface area contributed by atoms with Gasteiger partial charge in [-0.25, -0.2) is 9.78 Å². The monoisotopic (exact) mass is 407 g/mol. The molecule has 0 bridgehead atoms. The molecule has 0 unspecified atom stereocenters. The second kappa shape index (κ2) is 9.05. The van der Waals surface area contributed by atoms with Crippen molar-refractivity contribution in [3.63, 3.8) is 0 Å². The molecule has 2 amide bonds. The van der Waals surface area contributed by atoms with Crippen LogP contribution in [0.5, 0.6) is 0 Å². The molecule has 2 aromatic carbocycles. The van der Waals surface area contributed by atoms with E-state index in [4.69, 9.17) is 4.98 Å². The van der Waals surface area contributed by atoms with Crippen molar-refractivity contribution in [3.8, 4) is 0 Å². The molecule has 1 saturated heterocycles. The van der Waals surface area contributed by atoms with Crippen molar-refractivity contribution in [2.45, 2.75) is 19.9 Å². The molecule has 150 valence electrons. The van der Waals surface area contributed by atoms with E-state index >= 15 is 0 Å². The lowest BCUT2D eigenvalue weighted by Crippen LogP contribution is -2.51. The van der Waals surface area contributed by atoms with Crippen LogP contribution in [-0.2, 0) is 13.0 Å². The summed E-state index contributed by atoms with van der Waals surface area (Å²) >= 11 is 1.44. The summed E-state index contributed by atoms with van der Waals surface area (Å²) in [6.07, 6.45) is 0.749. The van der Waals surface area contributed by atoms with Gasteiger partial charge in [0.05, 0.1) is 0 Å². The fourth-order valence-corrected chi connectivity index (χ4v) is 4.06. The molecule has 7 heteroatoms. The molecule has 1 fully saturated rings. The van der Waals surface area contributed by atoms with Crippen LogP contribution in [-0.4, -0.2) is 46.5 Å². The van der Waals surface area contributed by atoms with Gasteiger partial charge in [-0.1, -0.05) is 60.2 Å². The number of carbonyl (C=O) groups excluding carboxylic acids is 1. The highest BCUT2D eigenvalue weighted by molar-refractivity contribution is 7.09. The Balaban J connectivity index is 1.26. The molecule has 29 heavy (non-hydrogen) atoms. The van der Waals surface area contributed by atoms with Crippen molar-refractivity contribution >= 4 is 22.7 Å². The molecule has 1 aromatic heterocycles. The van der Waals surface area contributed by atoms with Gasteiger partial charge in [0, 0.05) is 50.7 Å². The average Bonchev–Trinajstić information content (AvgIpc) is 3.23. The van der Waals surface area contributed by atoms with Crippen molar-refractivity contribution in [2.24, 2.45) is 0 Å². The Hall–Kier alpha value is -2.93. The summed E-state index contributed by atoms with van der Waals surface area (Å²) in [6.45, 7) is 5.57. The van der Waals surface area contributed by atoms with E-state index in [0.29, 0.717) is 19.6 Å². The maximum Gasteiger partial charge on any atom is 0.317 e. The van der Waals surface area contributed by atoms with Gasteiger partial charge in [-0.2, -0.15) is 4.37 Å². The molecule has 0 saturated carbocycles. The van der Waals surface area contributed by atoms with E-state index in [-0.39, 0.29) is 6.03 Å². The van der Waals surface area contributed by atoms with E-state index < -0.39 is 0 Å². The second-order valence-electron chi connectivity index (χ2n) is 7.27. The van der Waals surface area contributed by atoms with Gasteiger partial charge in [-0.15, -0.1) is 0 Å². The first-order valence-corrected chi connectivity index (χ1v) is 10.6. The third kappa shape index (κ3) is 5.12. The lowest BCUT2D eigenvalue weighted by atomic mass is 10.1. The zero-order chi connectivity index (χ0) is 20.1. The molecule has 2 heterocycles. The van der Waals surface area contributed by atoms with Gasteiger partial charge in [0.15, 0.2) is 0 Å². The molecule has 1 N–H and O–H groups in total. The number of amides is 2. The van der Waals surface area contributed by atoms with Crippen LogP contribution in [0.25, 0.3) is 0 Å². The van der Waals surface area contributed by atoms with Crippen molar-refractivity contribution in [2.75, 3.05) is 31.1 Å². The number of hydrogen-bond acceptors (Lipinski definition) is 5. The summed E-state index contributed by atoms with van der Waals surface area (Å²) in [5, 5.41) is 3.94. The van der Waals surface area contributed by atoms with Gasteiger partial charge in [0.1, 0.15) is 5.82 Å². The number of anilines is 1. The minimum absolute atomic E-state index is 0.00849. The topological polar surface area (TPSA) is 61.4 Å². The van der Waals surface area contributed by atoms with Crippen molar-refractivity contribution in [1.29, 1.82) is 0 Å². The molecule has 1 aliphatic heterocycles. The number of carbonyl (C=O) groups is 1. The number of nitrogens with one attached hydrogen (secondary N) is 1. The third-order valence-electron chi connectivity index (χ3n) is 5.06. The summed E-state index contributed by atoms with van der Waals surface area (Å²) in [4.78, 5) is 21.2. The lowest BCUT2D eigenvalue weighted by Gasteiger charge is -2.34. The first-order valence-electron chi connectivity index (χ1n) is 9.87. The van der Waals surface area contributed by atoms with Crippen molar-refractivity contribution in [1.82, 2.24) is 19.6 Å². The minimum atomic E-state index is -0.00849. The number of aromatic nitrogens is 2. The number of nitrogens with zero attached hydrogens (tertiary/aromatic N) is 4. The largest absolute Gasteiger partial charge is 0.343 e. The predicted molar refractivity (Wildman–Crippen MR) is 116 cm³/mol. The number of piperazine rings is 1. The number of hydrogen-bond donors (Lipinski definition) is 1. The molecule has 1 aliphatic rings. The van der Waals surface area contributed by atoms with Crippen LogP contribution in [0.3, 0.4) is 0 Å². The van der Waals surface area contributed by atoms with Gasteiger partial charge >= 0.3 is 6.03 Å². The predicted octanol–water partition coefficient (Wildman–Crippen LogP) is 3.47. The Labute approximate surface area is 175 Å². The van der Waals surface area contributed by atoms with E-state index in [9.17, 15) is 4.79 Å². The van der Waals surface area contributed by atoms with E-state index in [1.54, 1.807) is 0 Å². The number of benzene rings is 2. The van der Waals surface area contributed by atoms with Crippen LogP contribution in [0.15, 0.2) is 54.6 Å². The van der Waals surface area contributed by atoms with Gasteiger partial charge in [-0.3, -0.25) is 0 Å². The summed E-state index contributed by atoms with van der Waals surface area (Å²) in [5.74, 6) is 0.858. The van der Waals surface area contributed by atoms with E-state index in [2.05, 4.69) is 45.8 Å². The van der Waals surface area contributed by atoms with Crippen LogP contribution in [0.1, 0.15) is 22.5 Å². The SMILES string of the molecule is Cc1ccc(Cc2nsc(N3CCN(C(=O)NCc4ccccc4)CC3)n2)cc1. The first kappa shape index (κ1) is 19.4. The third-order valence-corrected chi connectivity index (χ3v) is 5.88. The Morgan fingerprint density at radius 1 is 1.00 bits per heavy atom. The highest BCUT2D eigenvalue weighted by atomic mass is 32.1. The number of aryl methyl sites for hydroxylation is 1. The standard InChI is InChI=1S/C22H25N5OS/c1-17-7-9-18(10-8-17)15-20-24-22(29-25-20)27-13-11-26(12-14-27)21(28)23-16-19-5-3-2-4-6-19/h2-10H,11-16H2,1H3,(H,23,28). The zero-order valence-corrected chi connectivity index (χ0v) is 17.4. The van der Waals surface area contributed by atoms with E-state index in [1.807, 2.05) is 35.2 Å². The van der Waals surface area contributed by atoms with Crippen LogP contribution >= 0.6 is 11.5 Å². The molecule has 0 atom stereocenters. The first-order chi connectivity index (χ1) is 14.2. The Morgan fingerprint density at radius 2 is 1.72 bits per heavy atom. The summed E-state index contributed by atoms with van der Waals surface area (Å²) < 4.78 is 4.52. The quantitative estimate of drug-likeness (QED) is 0.704. The van der Waals surface area contributed by atoms with Crippen molar-refractivity contribution in [3.05, 3.63) is 77.1 Å². The molecule has 4 rings (SSSR count). The van der Waals surface area contributed by atoms with Gasteiger partial charge in [0.25, 0.3) is 0 Å². The molecule has 0 spiro atoms. The number of urea groups is 1. The van der Waals surface area contributed by atoms with Crippen LogP contribution in [0.4, 0.5) is 9.93 Å². The zero-order valence-electron chi connectivity index (χ0n) is 16.5. The van der Waals surface area contributed by atoms with Gasteiger partial charge in [-0.05, 0) is 18.1 Å². The maximum absolute atomic E-state index is 12.4. The van der Waals surface area contributed by atoms with Gasteiger partial charge < -0.3 is 15.1 Å². The van der Waals surface area contributed by atoms with Crippen LogP contribution < -0.4 is 10.2 Å². The average molecular weight is 408 g/mol. The molecular formula is C22H25N5OS. The lowest BCUT2D eigenvalue weighted by molar-refractivity contribution is 0.194. The fourth-order valence-electron chi connectivity index (χ4n) is 3.32. The van der Waals surface area contributed by atoms with Crippen LogP contribution in [0, 0.1) is 6.92 Å². The van der Waals surface area contributed by atoms with Crippen molar-refractivity contribution < 1.29 is 4.79 Å². The second-order valence-corrected chi connectivity index (χ2v) is 8.00. The van der Waals surface area contributed by atoms with E-state index in [1.165, 1.54) is 22.7 Å². The minimum Gasteiger partial charge on any atom is -0.343 e. The summed E-state index contributed by atoms with van der Waals surface area (Å²) in [6, 6.07) is 18.4. The number of rotatable bonds is 5. The molecule has 0 aliphatic carbocycles. The Morgan fingerprint density at radius 3 is 2.45 bits per heavy atom. The smallest absolute Gasteiger partial charge is 0.317 e. The summed E-state index contributed by atoms with van der Waals surface area (Å²) in [7, 11) is 0. The summed E-state index contributed by atoms with van der Waals surface area (Å²) in [5.41, 5.74) is 3.58. The van der Waals surface area contributed by atoms with E-state index in [0.717, 1.165) is 36.0 Å². The molecule has 6 nitrogen and oxygen atoms in total. The normalized spacial score (nSPS) is 14.1. The van der Waals surface area contributed by atoms with Gasteiger partial charge in [0.2, 0.25) is 5.13 Å². The maximum atomic E-state index is 12.4. The fraction of sp³-hybridized carbons (Fsp3) is 0.318. The Bertz CT molecular complexity index is 933.